The quantitative estimate of drug-likeness (QED) is 0.164. The van der Waals surface area contributed by atoms with Crippen molar-refractivity contribution in [3.63, 3.8) is 0 Å². The number of methoxy groups -OCH3 is 2. The summed E-state index contributed by atoms with van der Waals surface area (Å²) in [4.78, 5) is 33.4. The third-order valence-electron chi connectivity index (χ3n) is 9.25. The van der Waals surface area contributed by atoms with E-state index < -0.39 is 29.7 Å². The van der Waals surface area contributed by atoms with Gasteiger partial charge in [0.1, 0.15) is 33.7 Å². The van der Waals surface area contributed by atoms with Crippen LogP contribution in [0.4, 0.5) is 14.9 Å². The number of aromatic hydroxyl groups is 1. The number of benzene rings is 3. The minimum Gasteiger partial charge on any atom is -0.506 e. The summed E-state index contributed by atoms with van der Waals surface area (Å²) >= 11 is 12.9. The number of piperidine rings is 3. The summed E-state index contributed by atoms with van der Waals surface area (Å²) in [6, 6.07) is 15.4. The van der Waals surface area contributed by atoms with Gasteiger partial charge in [-0.25, -0.2) is 19.0 Å². The van der Waals surface area contributed by atoms with Crippen LogP contribution in [-0.4, -0.2) is 62.0 Å². The van der Waals surface area contributed by atoms with Crippen molar-refractivity contribution in [1.29, 1.82) is 0 Å². The number of aromatic amines is 1. The number of nitrogens with one attached hydrogen (secondary N) is 1. The number of H-pyrrole nitrogens is 1. The number of rotatable bonds is 11. The number of halogens is 3. The normalized spacial score (nSPS) is 18.6. The topological polar surface area (TPSA) is 112 Å². The third kappa shape index (κ3) is 7.75. The summed E-state index contributed by atoms with van der Waals surface area (Å²) in [5, 5.41) is 11.4. The number of pyridine rings is 1. The number of nitrogens with zero attached hydrogens (tertiary/aromatic N) is 2. The fourth-order valence-corrected chi connectivity index (χ4v) is 7.04. The first-order valence-electron chi connectivity index (χ1n) is 16.2. The highest BCUT2D eigenvalue weighted by molar-refractivity contribution is 6.35. The van der Waals surface area contributed by atoms with E-state index in [2.05, 4.69) is 9.88 Å². The van der Waals surface area contributed by atoms with E-state index in [1.54, 1.807) is 54.9 Å². The first-order valence-corrected chi connectivity index (χ1v) is 16.9. The number of phenolic OH excluding ortho intramolecular Hbond substituents is 1. The maximum absolute atomic E-state index is 15.1. The molecule has 10 nitrogen and oxygen atoms in total. The number of aromatic nitrogens is 1. The highest BCUT2D eigenvalue weighted by Gasteiger charge is 2.38. The van der Waals surface area contributed by atoms with Gasteiger partial charge in [-0.1, -0.05) is 47.5 Å². The van der Waals surface area contributed by atoms with E-state index in [1.165, 1.54) is 32.4 Å². The second-order valence-corrected chi connectivity index (χ2v) is 13.1. The van der Waals surface area contributed by atoms with Crippen LogP contribution in [-0.2, 0) is 22.4 Å². The third-order valence-corrected chi connectivity index (χ3v) is 9.92. The van der Waals surface area contributed by atoms with Gasteiger partial charge in [-0.3, -0.25) is 9.80 Å². The average molecular weight is 726 g/mol. The molecule has 3 saturated heterocycles. The van der Waals surface area contributed by atoms with Gasteiger partial charge in [0.05, 0.1) is 26.3 Å². The monoisotopic (exact) mass is 724 g/mol. The Kier molecular flexibility index (Phi) is 11.0. The van der Waals surface area contributed by atoms with Crippen LogP contribution in [0.1, 0.15) is 46.0 Å². The summed E-state index contributed by atoms with van der Waals surface area (Å²) in [6.07, 6.45) is 3.29. The van der Waals surface area contributed by atoms with Gasteiger partial charge in [0, 0.05) is 18.5 Å². The molecule has 262 valence electrons. The molecule has 1 aromatic heterocycles. The van der Waals surface area contributed by atoms with Gasteiger partial charge in [-0.05, 0) is 79.4 Å². The molecular weight excluding hydrogens is 688 g/mol. The van der Waals surface area contributed by atoms with Crippen LogP contribution in [0.15, 0.2) is 73.1 Å². The van der Waals surface area contributed by atoms with E-state index in [0.717, 1.165) is 30.8 Å². The minimum atomic E-state index is -0.819. The molecule has 0 radical (unpaired) electrons. The average Bonchev–Trinajstić information content (AvgIpc) is 3.12. The molecule has 13 heteroatoms. The van der Waals surface area contributed by atoms with Crippen LogP contribution in [0.25, 0.3) is 0 Å². The van der Waals surface area contributed by atoms with Crippen molar-refractivity contribution < 1.29 is 43.0 Å². The van der Waals surface area contributed by atoms with Crippen LogP contribution in [0.2, 0.25) is 10.0 Å². The lowest BCUT2D eigenvalue weighted by atomic mass is 9.86. The molecule has 2 bridgehead atoms. The molecule has 0 unspecified atom stereocenters. The number of hydrogen-bond donors (Lipinski definition) is 1. The van der Waals surface area contributed by atoms with Gasteiger partial charge in [-0.2, -0.15) is 0 Å². The van der Waals surface area contributed by atoms with Crippen molar-refractivity contribution in [2.24, 2.45) is 5.92 Å². The smallest absolute Gasteiger partial charge is 0.415 e. The Labute approximate surface area is 299 Å². The standard InChI is InChI=1S/C37H36Cl2FN3O7/c1-47-31-11-10-25(16-33(31)48-2)32(17-26-27(38)18-41-19-28(26)39)49-36(45)24-8-6-22(7-9-24)20-43(35-29(40)4-3-5-30(35)44)37(46)50-34-21-42-14-12-23(34)13-15-42/h3-11,16,18-19,23,32,34,44H,12-15,17,20-21H2,1-2H3/p+1/t32-,34-/m0/s1. The van der Waals surface area contributed by atoms with Gasteiger partial charge >= 0.3 is 12.1 Å². The van der Waals surface area contributed by atoms with Crippen molar-refractivity contribution in [3.8, 4) is 17.2 Å². The number of fused-ring (bicyclic) bond motifs is 3. The van der Waals surface area contributed by atoms with Crippen molar-refractivity contribution in [1.82, 2.24) is 4.90 Å². The Morgan fingerprint density at radius 3 is 2.32 bits per heavy atom. The summed E-state index contributed by atoms with van der Waals surface area (Å²) in [7, 11) is 3.04. The second-order valence-electron chi connectivity index (χ2n) is 12.3. The van der Waals surface area contributed by atoms with Crippen molar-refractivity contribution in [3.05, 3.63) is 111 Å². The minimum absolute atomic E-state index is 0.125. The molecule has 0 aliphatic carbocycles. The molecule has 50 heavy (non-hydrogen) atoms. The predicted molar refractivity (Wildman–Crippen MR) is 185 cm³/mol. The van der Waals surface area contributed by atoms with Crippen LogP contribution in [0.5, 0.6) is 17.2 Å². The summed E-state index contributed by atoms with van der Waals surface area (Å²) in [5.74, 6) is -0.599. The van der Waals surface area contributed by atoms with Crippen LogP contribution < -0.4 is 19.4 Å². The number of para-hydroxylation sites is 1. The Morgan fingerprint density at radius 1 is 1.00 bits per heavy atom. The Balaban J connectivity index is 1.23. The number of esters is 1. The van der Waals surface area contributed by atoms with Gasteiger partial charge in [0.2, 0.25) is 0 Å². The zero-order valence-electron chi connectivity index (χ0n) is 27.5. The lowest BCUT2D eigenvalue weighted by Crippen LogP contribution is -2.53. The molecular formula is C37H37Cl2FN3O7+. The fraction of sp³-hybridized carbons (Fsp3) is 0.324. The number of ether oxygens (including phenoxy) is 4. The zero-order valence-corrected chi connectivity index (χ0v) is 29.0. The molecule has 1 amide bonds. The summed E-state index contributed by atoms with van der Waals surface area (Å²) in [6.45, 7) is 2.43. The molecule has 7 rings (SSSR count). The van der Waals surface area contributed by atoms with E-state index in [1.807, 2.05) is 0 Å². The number of phenols is 1. The first-order chi connectivity index (χ1) is 24.1. The van der Waals surface area contributed by atoms with E-state index in [4.69, 9.17) is 42.1 Å². The SMILES string of the molecule is COc1ccc([C@H](Cc2c(Cl)c[nH+]cc2Cl)OC(=O)c2ccc(CN(C(=O)O[C@H]3CN4CCC3CC4)c3c(O)cccc3F)cc2)cc1OC. The molecule has 0 spiro atoms. The maximum Gasteiger partial charge on any atom is 0.415 e. The van der Waals surface area contributed by atoms with Crippen LogP contribution in [0.3, 0.4) is 0 Å². The molecule has 3 aromatic carbocycles. The van der Waals surface area contributed by atoms with Gasteiger partial charge in [0.15, 0.2) is 29.7 Å². The molecule has 0 saturated carbocycles. The first kappa shape index (κ1) is 35.3. The van der Waals surface area contributed by atoms with E-state index in [0.29, 0.717) is 44.8 Å². The number of hydrogen-bond acceptors (Lipinski definition) is 8. The summed E-state index contributed by atoms with van der Waals surface area (Å²) in [5.41, 5.74) is 1.71. The number of carbonyl (C=O) groups excluding carboxylic acids is 2. The fourth-order valence-electron chi connectivity index (χ4n) is 6.51. The number of anilines is 1. The van der Waals surface area contributed by atoms with E-state index in [9.17, 15) is 14.7 Å². The summed E-state index contributed by atoms with van der Waals surface area (Å²) < 4.78 is 37.9. The lowest BCUT2D eigenvalue weighted by Gasteiger charge is -2.44. The predicted octanol–water partition coefficient (Wildman–Crippen LogP) is 7.05. The largest absolute Gasteiger partial charge is 0.506 e. The van der Waals surface area contributed by atoms with Gasteiger partial charge in [0.25, 0.3) is 0 Å². The highest BCUT2D eigenvalue weighted by atomic mass is 35.5. The number of amides is 1. The van der Waals surface area contributed by atoms with Crippen molar-refractivity contribution in [2.75, 3.05) is 38.8 Å². The highest BCUT2D eigenvalue weighted by Crippen LogP contribution is 2.37. The maximum atomic E-state index is 15.1. The van der Waals surface area contributed by atoms with Gasteiger partial charge < -0.3 is 24.1 Å². The second kappa shape index (κ2) is 15.5. The van der Waals surface area contributed by atoms with Crippen LogP contribution >= 0.6 is 23.2 Å². The molecule has 4 heterocycles. The van der Waals surface area contributed by atoms with Crippen molar-refractivity contribution in [2.45, 2.75) is 38.0 Å². The Morgan fingerprint density at radius 2 is 1.70 bits per heavy atom. The Bertz CT molecular complexity index is 1810. The van der Waals surface area contributed by atoms with Crippen molar-refractivity contribution >= 4 is 41.0 Å². The molecule has 2 N–H and O–H groups in total. The van der Waals surface area contributed by atoms with Gasteiger partial charge in [-0.15, -0.1) is 0 Å². The molecule has 3 aliphatic heterocycles. The molecule has 3 aliphatic rings. The van der Waals surface area contributed by atoms with E-state index >= 15 is 4.39 Å². The van der Waals surface area contributed by atoms with Crippen LogP contribution in [0, 0.1) is 11.7 Å². The van der Waals surface area contributed by atoms with E-state index in [-0.39, 0.29) is 36.2 Å². The molecule has 4 aromatic rings. The Hall–Kier alpha value is -4.58. The number of carbonyl (C=O) groups is 2. The zero-order chi connectivity index (χ0) is 35.4. The lowest BCUT2D eigenvalue weighted by molar-refractivity contribution is -0.377. The molecule has 3 fully saturated rings. The molecule has 2 atom stereocenters.